The second kappa shape index (κ2) is 9.97. The highest BCUT2D eigenvalue weighted by atomic mass is 32.2. The largest absolute Gasteiger partial charge is 0.493 e. The van der Waals surface area contributed by atoms with Crippen LogP contribution in [0, 0.1) is 29.1 Å². The third kappa shape index (κ3) is 4.76. The maximum Gasteiger partial charge on any atom is 0.315 e. The van der Waals surface area contributed by atoms with Crippen molar-refractivity contribution in [2.24, 2.45) is 0 Å². The molecule has 0 aliphatic heterocycles. The number of hydrogen-bond donors (Lipinski definition) is 0. The topological polar surface area (TPSA) is 92.0 Å². The average molecular weight is 556 g/mol. The molecule has 0 fully saturated rings. The van der Waals surface area contributed by atoms with Gasteiger partial charge in [0.25, 0.3) is 0 Å². The van der Waals surface area contributed by atoms with Crippen molar-refractivity contribution in [1.82, 2.24) is 0 Å². The molecule has 0 aliphatic rings. The van der Waals surface area contributed by atoms with Crippen LogP contribution in [0.2, 0.25) is 0 Å². The van der Waals surface area contributed by atoms with Crippen molar-refractivity contribution in [1.29, 1.82) is 0 Å². The van der Waals surface area contributed by atoms with Gasteiger partial charge >= 0.3 is 5.97 Å². The highest BCUT2D eigenvalue weighted by Gasteiger charge is 2.29. The summed E-state index contributed by atoms with van der Waals surface area (Å²) in [6.45, 7) is 0. The summed E-state index contributed by atoms with van der Waals surface area (Å²) in [5.74, 6) is -14.0. The molecule has 38 heavy (non-hydrogen) atoms. The van der Waals surface area contributed by atoms with Gasteiger partial charge < -0.3 is 18.6 Å². The van der Waals surface area contributed by atoms with Crippen molar-refractivity contribution >= 4 is 26.8 Å². The van der Waals surface area contributed by atoms with Gasteiger partial charge in [-0.2, -0.15) is 8.78 Å². The summed E-state index contributed by atoms with van der Waals surface area (Å²) < 4.78 is 114. The number of methoxy groups -OCH3 is 2. The zero-order chi connectivity index (χ0) is 27.9. The molecule has 4 rings (SSSR count). The Morgan fingerprint density at radius 3 is 2.03 bits per heavy atom. The van der Waals surface area contributed by atoms with E-state index in [1.54, 1.807) is 12.1 Å². The Morgan fingerprint density at radius 1 is 0.842 bits per heavy atom. The summed E-state index contributed by atoms with van der Waals surface area (Å²) in [6, 6.07) is 8.59. The summed E-state index contributed by atoms with van der Waals surface area (Å²) in [5.41, 5.74) is 0.578. The van der Waals surface area contributed by atoms with Gasteiger partial charge in [-0.1, -0.05) is 6.07 Å². The van der Waals surface area contributed by atoms with E-state index in [0.717, 1.165) is 6.26 Å². The first kappa shape index (κ1) is 26.9. The van der Waals surface area contributed by atoms with Crippen molar-refractivity contribution in [3.05, 3.63) is 71.0 Å². The van der Waals surface area contributed by atoms with E-state index >= 15 is 0 Å². The van der Waals surface area contributed by atoms with Gasteiger partial charge in [0.15, 0.2) is 27.1 Å². The maximum atomic E-state index is 13.9. The number of benzene rings is 3. The highest BCUT2D eigenvalue weighted by molar-refractivity contribution is 7.91. The average Bonchev–Trinajstić information content (AvgIpc) is 3.28. The van der Waals surface area contributed by atoms with Gasteiger partial charge in [0.05, 0.1) is 20.6 Å². The second-order valence-electron chi connectivity index (χ2n) is 7.98. The van der Waals surface area contributed by atoms with Gasteiger partial charge in [0.2, 0.25) is 34.8 Å². The molecule has 1 aromatic heterocycles. The Morgan fingerprint density at radius 2 is 1.45 bits per heavy atom. The molecule has 0 saturated carbocycles. The van der Waals surface area contributed by atoms with Gasteiger partial charge in [-0.15, -0.1) is 0 Å². The molecule has 1 heterocycles. The zero-order valence-electron chi connectivity index (χ0n) is 19.8. The first-order chi connectivity index (χ1) is 17.9. The van der Waals surface area contributed by atoms with Crippen LogP contribution >= 0.6 is 0 Å². The van der Waals surface area contributed by atoms with Crippen molar-refractivity contribution in [3.63, 3.8) is 0 Å². The zero-order valence-corrected chi connectivity index (χ0v) is 20.6. The summed E-state index contributed by atoms with van der Waals surface area (Å²) in [6.07, 6.45) is 0.251. The fraction of sp³-hybridized carbons (Fsp3) is 0.160. The number of carbonyl (C=O) groups excluding carboxylic acids is 1. The predicted molar refractivity (Wildman–Crippen MR) is 123 cm³/mol. The molecule has 0 saturated heterocycles. The Kier molecular flexibility index (Phi) is 7.06. The number of esters is 1. The molecular weight excluding hydrogens is 539 g/mol. The van der Waals surface area contributed by atoms with Gasteiger partial charge in [-0.3, -0.25) is 4.79 Å². The summed E-state index contributed by atoms with van der Waals surface area (Å²) in [4.78, 5) is 12.1. The second-order valence-corrected chi connectivity index (χ2v) is 9.94. The molecule has 200 valence electrons. The molecule has 0 radical (unpaired) electrons. The minimum absolute atomic E-state index is 0.0235. The van der Waals surface area contributed by atoms with Gasteiger partial charge in [0.1, 0.15) is 10.5 Å². The Hall–Kier alpha value is -4.13. The van der Waals surface area contributed by atoms with Crippen LogP contribution in [0.5, 0.6) is 17.2 Å². The minimum Gasteiger partial charge on any atom is -0.493 e. The van der Waals surface area contributed by atoms with Crippen LogP contribution in [0.1, 0.15) is 5.56 Å². The van der Waals surface area contributed by atoms with Crippen LogP contribution < -0.4 is 14.2 Å². The minimum atomic E-state index is -3.92. The summed E-state index contributed by atoms with van der Waals surface area (Å²) in [5, 5.41) is 0.0822. The first-order valence-corrected chi connectivity index (χ1v) is 12.5. The molecule has 13 heteroatoms. The molecule has 0 bridgehead atoms. The summed E-state index contributed by atoms with van der Waals surface area (Å²) >= 11 is 0. The molecule has 0 amide bonds. The fourth-order valence-corrected chi connectivity index (χ4v) is 4.81. The molecule has 7 nitrogen and oxygen atoms in total. The number of hydrogen-bond acceptors (Lipinski definition) is 7. The number of halogens is 5. The van der Waals surface area contributed by atoms with Gasteiger partial charge in [-0.05, 0) is 35.9 Å². The smallest absolute Gasteiger partial charge is 0.315 e. The first-order valence-electron chi connectivity index (χ1n) is 10.6. The van der Waals surface area contributed by atoms with E-state index < -0.39 is 57.1 Å². The van der Waals surface area contributed by atoms with Crippen LogP contribution in [-0.2, 0) is 21.1 Å². The van der Waals surface area contributed by atoms with E-state index in [-0.39, 0.29) is 27.2 Å². The maximum absolute atomic E-state index is 13.9. The van der Waals surface area contributed by atoms with E-state index in [4.69, 9.17) is 13.9 Å². The lowest BCUT2D eigenvalue weighted by Crippen LogP contribution is -2.15. The van der Waals surface area contributed by atoms with E-state index in [2.05, 4.69) is 4.74 Å². The lowest BCUT2D eigenvalue weighted by molar-refractivity contribution is -0.134. The number of fused-ring (bicyclic) bond motifs is 1. The van der Waals surface area contributed by atoms with Crippen LogP contribution in [0.3, 0.4) is 0 Å². The monoisotopic (exact) mass is 556 g/mol. The fourth-order valence-electron chi connectivity index (χ4n) is 3.76. The van der Waals surface area contributed by atoms with Crippen molar-refractivity contribution in [2.75, 3.05) is 20.5 Å². The van der Waals surface area contributed by atoms with Gasteiger partial charge in [0, 0.05) is 17.2 Å². The molecule has 0 atom stereocenters. The molecule has 3 aromatic carbocycles. The van der Waals surface area contributed by atoms with Crippen LogP contribution in [0.15, 0.2) is 45.7 Å². The third-order valence-electron chi connectivity index (χ3n) is 5.46. The normalized spacial score (nSPS) is 11.6. The lowest BCUT2D eigenvalue weighted by Gasteiger charge is -2.09. The number of furan rings is 1. The van der Waals surface area contributed by atoms with E-state index in [1.165, 1.54) is 38.5 Å². The number of ether oxygens (including phenoxy) is 3. The number of sulfone groups is 1. The van der Waals surface area contributed by atoms with Crippen LogP contribution in [-0.4, -0.2) is 34.9 Å². The van der Waals surface area contributed by atoms with Crippen molar-refractivity contribution in [3.8, 4) is 28.6 Å². The number of carbonyl (C=O) groups is 1. The Balaban J connectivity index is 1.74. The lowest BCUT2D eigenvalue weighted by atomic mass is 10.1. The van der Waals surface area contributed by atoms with Crippen LogP contribution in [0.25, 0.3) is 22.3 Å². The van der Waals surface area contributed by atoms with Crippen molar-refractivity contribution in [2.45, 2.75) is 11.3 Å². The van der Waals surface area contributed by atoms with E-state index in [0.29, 0.717) is 17.1 Å². The Labute approximate surface area is 212 Å². The molecular formula is C25H17F5O7S. The van der Waals surface area contributed by atoms with Gasteiger partial charge in [-0.25, -0.2) is 21.6 Å². The SMILES string of the molecule is COc1ccc(-c2oc3ccc(CC(=O)Oc4c(F)c(F)c(F)c(F)c4F)cc3c2S(C)(=O)=O)cc1OC. The van der Waals surface area contributed by atoms with Crippen LogP contribution in [0.4, 0.5) is 22.0 Å². The molecule has 4 aromatic rings. The van der Waals surface area contributed by atoms with E-state index in [1.807, 2.05) is 0 Å². The predicted octanol–water partition coefficient (Wildman–Crippen LogP) is 5.36. The van der Waals surface area contributed by atoms with E-state index in [9.17, 15) is 35.2 Å². The molecule has 0 N–H and O–H groups in total. The number of rotatable bonds is 7. The third-order valence-corrected chi connectivity index (χ3v) is 6.60. The quantitative estimate of drug-likeness (QED) is 0.0995. The molecule has 0 unspecified atom stereocenters. The summed E-state index contributed by atoms with van der Waals surface area (Å²) in [7, 11) is -1.09. The Bertz CT molecular complexity index is 1670. The highest BCUT2D eigenvalue weighted by Crippen LogP contribution is 2.40. The molecule has 0 aliphatic carbocycles. The standard InChI is InChI=1S/C25H17F5O7S/c1-34-15-7-5-12(10-16(15)35-2)23-25(38(3,32)33)13-8-11(4-6-14(13)36-23)9-17(31)37-24-21(29)19(27)18(26)20(28)22(24)30/h4-8,10H,9H2,1-3H3. The van der Waals surface area contributed by atoms with Crippen molar-refractivity contribution < 1.29 is 53.8 Å². The molecule has 0 spiro atoms.